The Hall–Kier alpha value is -1.10. The molecule has 0 saturated carbocycles. The first-order valence-corrected chi connectivity index (χ1v) is 6.90. The molecule has 2 rings (SSSR count). The molecular formula is C13H23N3O2. The largest absolute Gasteiger partial charge is 0.385 e. The third-order valence-corrected chi connectivity index (χ3v) is 3.52. The number of piperidine rings is 1. The Bertz CT molecular complexity index is 354. The molecule has 1 aromatic rings. The number of aromatic nitrogens is 2. The van der Waals surface area contributed by atoms with Crippen molar-refractivity contribution in [2.24, 2.45) is 5.92 Å². The monoisotopic (exact) mass is 253 g/mol. The number of methoxy groups -OCH3 is 1. The maximum atomic E-state index is 5.18. The van der Waals surface area contributed by atoms with Crippen LogP contribution in [0.15, 0.2) is 4.52 Å². The lowest BCUT2D eigenvalue weighted by Gasteiger charge is -2.31. The zero-order valence-corrected chi connectivity index (χ0v) is 11.4. The van der Waals surface area contributed by atoms with Crippen LogP contribution in [0.1, 0.15) is 38.5 Å². The summed E-state index contributed by atoms with van der Waals surface area (Å²) in [4.78, 5) is 6.66. The van der Waals surface area contributed by atoms with E-state index in [-0.39, 0.29) is 0 Å². The van der Waals surface area contributed by atoms with Crippen molar-refractivity contribution < 1.29 is 9.26 Å². The highest BCUT2D eigenvalue weighted by molar-refractivity contribution is 5.28. The Balaban J connectivity index is 1.85. The van der Waals surface area contributed by atoms with Gasteiger partial charge in [0, 0.05) is 33.2 Å². The molecule has 1 aliphatic heterocycles. The van der Waals surface area contributed by atoms with E-state index in [1.54, 1.807) is 7.11 Å². The van der Waals surface area contributed by atoms with Crippen LogP contribution in [0.4, 0.5) is 5.95 Å². The minimum Gasteiger partial charge on any atom is -0.385 e. The van der Waals surface area contributed by atoms with Gasteiger partial charge >= 0.3 is 0 Å². The van der Waals surface area contributed by atoms with Crippen molar-refractivity contribution >= 4 is 5.95 Å². The Labute approximate surface area is 108 Å². The molecule has 102 valence electrons. The lowest BCUT2D eigenvalue weighted by atomic mass is 9.94. The van der Waals surface area contributed by atoms with Crippen LogP contribution in [0.25, 0.3) is 0 Å². The van der Waals surface area contributed by atoms with E-state index in [0.29, 0.717) is 0 Å². The summed E-state index contributed by atoms with van der Waals surface area (Å²) in [6.45, 7) is 4.98. The van der Waals surface area contributed by atoms with Crippen molar-refractivity contribution in [1.82, 2.24) is 10.1 Å². The summed E-state index contributed by atoms with van der Waals surface area (Å²) in [5.74, 6) is 2.23. The van der Waals surface area contributed by atoms with Crippen molar-refractivity contribution in [2.45, 2.75) is 39.0 Å². The van der Waals surface area contributed by atoms with Gasteiger partial charge in [0.1, 0.15) is 0 Å². The summed E-state index contributed by atoms with van der Waals surface area (Å²) in [7, 11) is 1.76. The normalized spacial score (nSPS) is 20.3. The van der Waals surface area contributed by atoms with Crippen molar-refractivity contribution in [2.75, 3.05) is 31.7 Å². The second kappa shape index (κ2) is 6.73. The van der Waals surface area contributed by atoms with Gasteiger partial charge in [-0.25, -0.2) is 0 Å². The van der Waals surface area contributed by atoms with Gasteiger partial charge in [-0.3, -0.25) is 0 Å². The van der Waals surface area contributed by atoms with Crippen molar-refractivity contribution in [3.05, 3.63) is 5.89 Å². The molecule has 0 aliphatic carbocycles. The fraction of sp³-hybridized carbons (Fsp3) is 0.846. The quantitative estimate of drug-likeness (QED) is 0.728. The van der Waals surface area contributed by atoms with Gasteiger partial charge in [0.25, 0.3) is 5.95 Å². The number of hydrogen-bond donors (Lipinski definition) is 0. The highest BCUT2D eigenvalue weighted by atomic mass is 16.5. The number of anilines is 1. The summed E-state index contributed by atoms with van der Waals surface area (Å²) < 4.78 is 10.3. The van der Waals surface area contributed by atoms with Crippen LogP contribution >= 0.6 is 0 Å². The van der Waals surface area contributed by atoms with Gasteiger partial charge in [-0.05, 0) is 36.8 Å². The van der Waals surface area contributed by atoms with E-state index in [1.165, 1.54) is 19.3 Å². The SMILES string of the molecule is CCc1nc(N2CCC[C@H](CCCOC)C2)no1. The Morgan fingerprint density at radius 1 is 1.50 bits per heavy atom. The Morgan fingerprint density at radius 3 is 3.11 bits per heavy atom. The lowest BCUT2D eigenvalue weighted by molar-refractivity contribution is 0.184. The highest BCUT2D eigenvalue weighted by Crippen LogP contribution is 2.24. The van der Waals surface area contributed by atoms with Gasteiger partial charge in [0.15, 0.2) is 0 Å². The van der Waals surface area contributed by atoms with Crippen molar-refractivity contribution in [3.8, 4) is 0 Å². The summed E-state index contributed by atoms with van der Waals surface area (Å²) in [5, 5.41) is 4.06. The average molecular weight is 253 g/mol. The predicted molar refractivity (Wildman–Crippen MR) is 69.7 cm³/mol. The van der Waals surface area contributed by atoms with E-state index in [9.17, 15) is 0 Å². The molecule has 5 nitrogen and oxygen atoms in total. The summed E-state index contributed by atoms with van der Waals surface area (Å²) in [5.41, 5.74) is 0. The van der Waals surface area contributed by atoms with Gasteiger partial charge in [0.05, 0.1) is 0 Å². The first-order valence-electron chi connectivity index (χ1n) is 6.90. The number of ether oxygens (including phenoxy) is 1. The first kappa shape index (κ1) is 13.3. The summed E-state index contributed by atoms with van der Waals surface area (Å²) >= 11 is 0. The fourth-order valence-corrected chi connectivity index (χ4v) is 2.52. The molecule has 0 unspecified atom stereocenters. The van der Waals surface area contributed by atoms with Crippen LogP contribution in [0.5, 0.6) is 0 Å². The van der Waals surface area contributed by atoms with E-state index < -0.39 is 0 Å². The van der Waals surface area contributed by atoms with Crippen molar-refractivity contribution in [3.63, 3.8) is 0 Å². The summed E-state index contributed by atoms with van der Waals surface area (Å²) in [6.07, 6.45) is 5.69. The third-order valence-electron chi connectivity index (χ3n) is 3.52. The number of aryl methyl sites for hydroxylation is 1. The molecule has 1 fully saturated rings. The van der Waals surface area contributed by atoms with Crippen LogP contribution in [0, 0.1) is 5.92 Å². The maximum absolute atomic E-state index is 5.18. The van der Waals surface area contributed by atoms with E-state index in [1.807, 2.05) is 6.92 Å². The van der Waals surface area contributed by atoms with Gasteiger partial charge in [0.2, 0.25) is 5.89 Å². The van der Waals surface area contributed by atoms with Gasteiger partial charge < -0.3 is 14.2 Å². The molecule has 1 aliphatic rings. The van der Waals surface area contributed by atoms with Gasteiger partial charge in [-0.2, -0.15) is 4.98 Å². The molecule has 1 atom stereocenters. The van der Waals surface area contributed by atoms with Crippen LogP contribution in [-0.4, -0.2) is 36.9 Å². The topological polar surface area (TPSA) is 51.4 Å². The smallest absolute Gasteiger partial charge is 0.266 e. The van der Waals surface area contributed by atoms with Gasteiger partial charge in [-0.15, -0.1) is 0 Å². The Morgan fingerprint density at radius 2 is 2.39 bits per heavy atom. The Kier molecular flexibility index (Phi) is 4.99. The fourth-order valence-electron chi connectivity index (χ4n) is 2.52. The standard InChI is InChI=1S/C13H23N3O2/c1-3-12-14-13(15-18-12)16-8-4-6-11(10-16)7-5-9-17-2/h11H,3-10H2,1-2H3/t11-/m1/s1. The van der Waals surface area contributed by atoms with Crippen LogP contribution in [-0.2, 0) is 11.2 Å². The molecule has 2 heterocycles. The van der Waals surface area contributed by atoms with Gasteiger partial charge in [-0.1, -0.05) is 6.92 Å². The van der Waals surface area contributed by atoms with Crippen molar-refractivity contribution in [1.29, 1.82) is 0 Å². The number of hydrogen-bond acceptors (Lipinski definition) is 5. The second-order valence-corrected chi connectivity index (χ2v) is 4.93. The van der Waals surface area contributed by atoms with Crippen LogP contribution in [0.2, 0.25) is 0 Å². The first-order chi connectivity index (χ1) is 8.83. The molecule has 18 heavy (non-hydrogen) atoms. The molecule has 5 heteroatoms. The van der Waals surface area contributed by atoms with Crippen LogP contribution in [0.3, 0.4) is 0 Å². The molecule has 1 aromatic heterocycles. The van der Waals surface area contributed by atoms with Crippen LogP contribution < -0.4 is 4.90 Å². The molecule has 0 spiro atoms. The highest BCUT2D eigenvalue weighted by Gasteiger charge is 2.22. The third kappa shape index (κ3) is 3.45. The van der Waals surface area contributed by atoms with E-state index in [2.05, 4.69) is 15.0 Å². The average Bonchev–Trinajstić information content (AvgIpc) is 2.88. The molecule has 1 saturated heterocycles. The molecule has 0 bridgehead atoms. The van der Waals surface area contributed by atoms with E-state index in [4.69, 9.17) is 9.26 Å². The second-order valence-electron chi connectivity index (χ2n) is 4.93. The lowest BCUT2D eigenvalue weighted by Crippen LogP contribution is -2.36. The zero-order valence-electron chi connectivity index (χ0n) is 11.4. The maximum Gasteiger partial charge on any atom is 0.266 e. The molecule has 0 N–H and O–H groups in total. The molecular weight excluding hydrogens is 230 g/mol. The minimum atomic E-state index is 0.728. The molecule has 0 amide bonds. The summed E-state index contributed by atoms with van der Waals surface area (Å²) in [6, 6.07) is 0. The van der Waals surface area contributed by atoms with E-state index in [0.717, 1.165) is 50.3 Å². The zero-order chi connectivity index (χ0) is 12.8. The number of nitrogens with zero attached hydrogens (tertiary/aromatic N) is 3. The molecule has 0 aromatic carbocycles. The molecule has 0 radical (unpaired) electrons. The number of rotatable bonds is 6. The van der Waals surface area contributed by atoms with E-state index >= 15 is 0 Å². The minimum absolute atomic E-state index is 0.728. The predicted octanol–water partition coefficient (Wildman–Crippen LogP) is 2.28.